The number of sulfonamides is 1. The summed E-state index contributed by atoms with van der Waals surface area (Å²) in [5, 5.41) is 8.84. The molecule has 3 rings (SSSR count). The summed E-state index contributed by atoms with van der Waals surface area (Å²) in [7, 11) is -3.97. The van der Waals surface area contributed by atoms with Crippen LogP contribution in [0, 0.1) is 0 Å². The fraction of sp³-hybridized carbons (Fsp3) is 0. The van der Waals surface area contributed by atoms with Crippen LogP contribution in [0.4, 0.5) is 5.69 Å². The van der Waals surface area contributed by atoms with Crippen LogP contribution in [0.15, 0.2) is 56.9 Å². The molecule has 3 aromatic rings. The number of hydrogen-bond acceptors (Lipinski definition) is 5. The Morgan fingerprint density at radius 2 is 1.52 bits per heavy atom. The normalized spacial score (nSPS) is 11.4. The van der Waals surface area contributed by atoms with E-state index in [9.17, 15) is 22.8 Å². The lowest BCUT2D eigenvalue weighted by atomic mass is 10.2. The molecule has 1 heterocycles. The van der Waals surface area contributed by atoms with Crippen molar-refractivity contribution >= 4 is 32.7 Å². The van der Waals surface area contributed by atoms with Crippen molar-refractivity contribution in [3.05, 3.63) is 68.7 Å². The second kappa shape index (κ2) is 5.91. The third-order valence-electron chi connectivity index (χ3n) is 3.39. The van der Waals surface area contributed by atoms with Crippen LogP contribution in [0.1, 0.15) is 10.4 Å². The van der Waals surface area contributed by atoms with E-state index < -0.39 is 27.1 Å². The van der Waals surface area contributed by atoms with Gasteiger partial charge in [0.05, 0.1) is 21.5 Å². The summed E-state index contributed by atoms with van der Waals surface area (Å²) in [4.78, 5) is 37.9. The minimum absolute atomic E-state index is 0.0233. The summed E-state index contributed by atoms with van der Waals surface area (Å²) in [5.74, 6) is -1.12. The van der Waals surface area contributed by atoms with E-state index in [0.29, 0.717) is 0 Å². The molecule has 1 aromatic heterocycles. The molecule has 4 N–H and O–H groups in total. The number of H-pyrrole nitrogens is 2. The zero-order valence-electron chi connectivity index (χ0n) is 12.4. The summed E-state index contributed by atoms with van der Waals surface area (Å²) in [6.45, 7) is 0. The molecule has 0 bridgehead atoms. The summed E-state index contributed by atoms with van der Waals surface area (Å²) in [6, 6.07) is 9.01. The third kappa shape index (κ3) is 3.28. The quantitative estimate of drug-likeness (QED) is 0.503. The first-order valence-electron chi connectivity index (χ1n) is 6.89. The number of rotatable bonds is 4. The highest BCUT2D eigenvalue weighted by atomic mass is 32.2. The Hall–Kier alpha value is -3.40. The van der Waals surface area contributed by atoms with E-state index in [4.69, 9.17) is 5.11 Å². The molecule has 0 aliphatic carbocycles. The molecule has 0 radical (unpaired) electrons. The van der Waals surface area contributed by atoms with Gasteiger partial charge >= 0.3 is 17.1 Å². The first-order valence-corrected chi connectivity index (χ1v) is 8.37. The molecule has 25 heavy (non-hydrogen) atoms. The van der Waals surface area contributed by atoms with Gasteiger partial charge in [-0.05, 0) is 42.5 Å². The smallest absolute Gasteiger partial charge is 0.335 e. The van der Waals surface area contributed by atoms with Gasteiger partial charge in [-0.3, -0.25) is 14.3 Å². The maximum Gasteiger partial charge on any atom is 0.335 e. The molecular formula is C15H11N3O6S. The maximum atomic E-state index is 12.4. The molecular weight excluding hydrogens is 350 g/mol. The molecule has 0 spiro atoms. The van der Waals surface area contributed by atoms with Gasteiger partial charge in [-0.15, -0.1) is 0 Å². The van der Waals surface area contributed by atoms with Gasteiger partial charge in [0.15, 0.2) is 0 Å². The first kappa shape index (κ1) is 16.5. The molecule has 0 aliphatic heterocycles. The van der Waals surface area contributed by atoms with Gasteiger partial charge in [-0.2, -0.15) is 0 Å². The second-order valence-electron chi connectivity index (χ2n) is 5.10. The highest BCUT2D eigenvalue weighted by Gasteiger charge is 2.16. The van der Waals surface area contributed by atoms with E-state index >= 15 is 0 Å². The van der Waals surface area contributed by atoms with Crippen molar-refractivity contribution in [2.24, 2.45) is 0 Å². The predicted molar refractivity (Wildman–Crippen MR) is 89.4 cm³/mol. The van der Waals surface area contributed by atoms with Gasteiger partial charge in [0.2, 0.25) is 0 Å². The Labute approximate surface area is 140 Å². The Bertz CT molecular complexity index is 1190. The van der Waals surface area contributed by atoms with Crippen molar-refractivity contribution in [1.82, 2.24) is 9.97 Å². The molecule has 128 valence electrons. The van der Waals surface area contributed by atoms with E-state index in [1.807, 2.05) is 0 Å². The van der Waals surface area contributed by atoms with Gasteiger partial charge in [0.25, 0.3) is 10.0 Å². The molecule has 0 fully saturated rings. The standard InChI is InChI=1S/C15H11N3O6S/c19-13-14(20)17-12-7-10(5-6-11(12)16-13)25(23,24)18-9-3-1-8(2-4-9)15(21)22/h1-7,18H,(H,16,19)(H,17,20)(H,21,22). The summed E-state index contributed by atoms with van der Waals surface area (Å²) < 4.78 is 27.2. The number of carboxylic acid groups (broad SMARTS) is 1. The first-order chi connectivity index (χ1) is 11.8. The average molecular weight is 361 g/mol. The van der Waals surface area contributed by atoms with Crippen LogP contribution in [0.3, 0.4) is 0 Å². The lowest BCUT2D eigenvalue weighted by Gasteiger charge is -2.09. The van der Waals surface area contributed by atoms with Gasteiger partial charge in [-0.1, -0.05) is 0 Å². The van der Waals surface area contributed by atoms with E-state index in [2.05, 4.69) is 14.7 Å². The molecule has 10 heteroatoms. The maximum absolute atomic E-state index is 12.4. The van der Waals surface area contributed by atoms with Crippen LogP contribution in [0.2, 0.25) is 0 Å². The molecule has 0 saturated carbocycles. The Morgan fingerprint density at radius 3 is 2.12 bits per heavy atom. The largest absolute Gasteiger partial charge is 0.478 e. The zero-order chi connectivity index (χ0) is 18.2. The number of carbonyl (C=O) groups is 1. The van der Waals surface area contributed by atoms with Crippen LogP contribution in [-0.2, 0) is 10.0 Å². The van der Waals surface area contributed by atoms with Crippen molar-refractivity contribution < 1.29 is 18.3 Å². The number of benzene rings is 2. The Kier molecular flexibility index (Phi) is 3.89. The number of fused-ring (bicyclic) bond motifs is 1. The highest BCUT2D eigenvalue weighted by molar-refractivity contribution is 7.92. The van der Waals surface area contributed by atoms with Crippen LogP contribution < -0.4 is 15.8 Å². The van der Waals surface area contributed by atoms with Crippen molar-refractivity contribution in [1.29, 1.82) is 0 Å². The molecule has 0 saturated heterocycles. The van der Waals surface area contributed by atoms with E-state index in [-0.39, 0.29) is 27.2 Å². The molecule has 2 aromatic carbocycles. The summed E-state index contributed by atoms with van der Waals surface area (Å²) in [5.41, 5.74) is -1.07. The molecule has 0 amide bonds. The third-order valence-corrected chi connectivity index (χ3v) is 4.77. The number of nitrogens with one attached hydrogen (secondary N) is 3. The lowest BCUT2D eigenvalue weighted by molar-refractivity contribution is 0.0697. The van der Waals surface area contributed by atoms with E-state index in [1.54, 1.807) is 0 Å². The monoisotopic (exact) mass is 361 g/mol. The number of anilines is 1. The van der Waals surface area contributed by atoms with Crippen LogP contribution in [0.5, 0.6) is 0 Å². The van der Waals surface area contributed by atoms with Crippen LogP contribution >= 0.6 is 0 Å². The minimum atomic E-state index is -3.97. The van der Waals surface area contributed by atoms with Gasteiger partial charge in [0, 0.05) is 5.69 Å². The lowest BCUT2D eigenvalue weighted by Crippen LogP contribution is -2.29. The number of aromatic amines is 2. The topological polar surface area (TPSA) is 149 Å². The van der Waals surface area contributed by atoms with Crippen molar-refractivity contribution in [3.8, 4) is 0 Å². The number of hydrogen-bond donors (Lipinski definition) is 4. The summed E-state index contributed by atoms with van der Waals surface area (Å²) in [6.07, 6.45) is 0. The number of carboxylic acids is 1. The average Bonchev–Trinajstić information content (AvgIpc) is 2.55. The molecule has 9 nitrogen and oxygen atoms in total. The minimum Gasteiger partial charge on any atom is -0.478 e. The highest BCUT2D eigenvalue weighted by Crippen LogP contribution is 2.19. The zero-order valence-corrected chi connectivity index (χ0v) is 13.3. The Morgan fingerprint density at radius 1 is 0.920 bits per heavy atom. The molecule has 0 aliphatic rings. The summed E-state index contributed by atoms with van der Waals surface area (Å²) >= 11 is 0. The number of aromatic nitrogens is 2. The van der Waals surface area contributed by atoms with Crippen LogP contribution in [-0.4, -0.2) is 29.5 Å². The van der Waals surface area contributed by atoms with Crippen molar-refractivity contribution in [2.45, 2.75) is 4.90 Å². The fourth-order valence-corrected chi connectivity index (χ4v) is 3.24. The molecule has 0 atom stereocenters. The van der Waals surface area contributed by atoms with E-state index in [0.717, 1.165) is 0 Å². The van der Waals surface area contributed by atoms with Crippen molar-refractivity contribution in [3.63, 3.8) is 0 Å². The van der Waals surface area contributed by atoms with Gasteiger partial charge in [-0.25, -0.2) is 13.2 Å². The van der Waals surface area contributed by atoms with Crippen molar-refractivity contribution in [2.75, 3.05) is 4.72 Å². The Balaban J connectivity index is 1.97. The van der Waals surface area contributed by atoms with Gasteiger partial charge < -0.3 is 15.1 Å². The number of aromatic carboxylic acids is 1. The van der Waals surface area contributed by atoms with Crippen LogP contribution in [0.25, 0.3) is 11.0 Å². The fourth-order valence-electron chi connectivity index (χ4n) is 2.16. The SMILES string of the molecule is O=C(O)c1ccc(NS(=O)(=O)c2ccc3[nH]c(=O)c(=O)[nH]c3c2)cc1. The van der Waals surface area contributed by atoms with E-state index in [1.165, 1.54) is 42.5 Å². The van der Waals surface area contributed by atoms with Gasteiger partial charge in [0.1, 0.15) is 0 Å². The second-order valence-corrected chi connectivity index (χ2v) is 6.79. The predicted octanol–water partition coefficient (Wildman–Crippen LogP) is 0.715. The molecule has 0 unspecified atom stereocenters.